The lowest BCUT2D eigenvalue weighted by molar-refractivity contribution is 0.106. The average molecular weight is 256 g/mol. The molecule has 0 unspecified atom stereocenters. The Morgan fingerprint density at radius 2 is 2.25 bits per heavy atom. The zero-order valence-corrected chi connectivity index (χ0v) is 10.5. The molecule has 0 spiro atoms. The van der Waals surface area contributed by atoms with Crippen LogP contribution in [0.15, 0.2) is 10.9 Å². The van der Waals surface area contributed by atoms with E-state index < -0.39 is 0 Å². The van der Waals surface area contributed by atoms with Crippen molar-refractivity contribution in [3.63, 3.8) is 0 Å². The zero-order valence-electron chi connectivity index (χ0n) is 8.84. The molecule has 0 saturated heterocycles. The highest BCUT2D eigenvalue weighted by Gasteiger charge is 2.04. The molecule has 2 rings (SSSR count). The summed E-state index contributed by atoms with van der Waals surface area (Å²) in [4.78, 5) is 9.50. The van der Waals surface area contributed by atoms with Crippen LogP contribution in [0.4, 0.5) is 0 Å². The fourth-order valence-corrected chi connectivity index (χ4v) is 2.55. The van der Waals surface area contributed by atoms with Gasteiger partial charge in [0.25, 0.3) is 0 Å². The zero-order chi connectivity index (χ0) is 11.4. The van der Waals surface area contributed by atoms with Gasteiger partial charge in [-0.25, -0.2) is 9.97 Å². The van der Waals surface area contributed by atoms with E-state index in [-0.39, 0.29) is 6.61 Å². The molecular formula is C10H12N2O2S2. The fraction of sp³-hybridized carbons (Fsp3) is 0.400. The Labute approximate surface area is 102 Å². The Morgan fingerprint density at radius 1 is 1.38 bits per heavy atom. The van der Waals surface area contributed by atoms with E-state index in [1.807, 2.05) is 17.8 Å². The number of thiazole rings is 2. The van der Waals surface area contributed by atoms with Crippen LogP contribution < -0.4 is 0 Å². The molecule has 4 nitrogen and oxygen atoms in total. The summed E-state index contributed by atoms with van der Waals surface area (Å²) < 4.78 is 5.54. The Balaban J connectivity index is 1.82. The van der Waals surface area contributed by atoms with Gasteiger partial charge in [0.05, 0.1) is 41.6 Å². The van der Waals surface area contributed by atoms with Crippen LogP contribution >= 0.6 is 22.7 Å². The third-order valence-corrected chi connectivity index (χ3v) is 3.85. The van der Waals surface area contributed by atoms with Crippen LogP contribution in [-0.2, 0) is 24.6 Å². The van der Waals surface area contributed by atoms with E-state index in [1.54, 1.807) is 11.3 Å². The van der Waals surface area contributed by atoms with Gasteiger partial charge in [-0.15, -0.1) is 22.7 Å². The maximum Gasteiger partial charge on any atom is 0.118 e. The summed E-state index contributed by atoms with van der Waals surface area (Å²) in [5.74, 6) is 0. The van der Waals surface area contributed by atoms with Crippen molar-refractivity contribution in [1.29, 1.82) is 0 Å². The van der Waals surface area contributed by atoms with Crippen LogP contribution in [0.5, 0.6) is 0 Å². The van der Waals surface area contributed by atoms with Crippen LogP contribution in [0, 0.1) is 6.92 Å². The van der Waals surface area contributed by atoms with Crippen molar-refractivity contribution in [2.45, 2.75) is 26.7 Å². The normalized spacial score (nSPS) is 10.9. The Morgan fingerprint density at radius 3 is 2.88 bits per heavy atom. The van der Waals surface area contributed by atoms with Crippen molar-refractivity contribution in [2.24, 2.45) is 0 Å². The first-order chi connectivity index (χ1) is 7.79. The Kier molecular flexibility index (Phi) is 4.00. The first-order valence-corrected chi connectivity index (χ1v) is 6.56. The van der Waals surface area contributed by atoms with Crippen LogP contribution in [0.1, 0.15) is 21.3 Å². The summed E-state index contributed by atoms with van der Waals surface area (Å²) in [6, 6.07) is 0. The molecule has 0 radical (unpaired) electrons. The number of ether oxygens (including phenoxy) is 1. The Bertz CT molecular complexity index is 453. The van der Waals surface area contributed by atoms with E-state index in [4.69, 9.17) is 9.84 Å². The lowest BCUT2D eigenvalue weighted by Crippen LogP contribution is -1.94. The first-order valence-electron chi connectivity index (χ1n) is 4.80. The molecule has 0 saturated carbocycles. The summed E-state index contributed by atoms with van der Waals surface area (Å²) in [5.41, 5.74) is 3.72. The molecule has 0 amide bonds. The quantitative estimate of drug-likeness (QED) is 0.890. The van der Waals surface area contributed by atoms with E-state index in [9.17, 15) is 0 Å². The largest absolute Gasteiger partial charge is 0.389 e. The predicted octanol–water partition coefficient (Wildman–Crippen LogP) is 2.12. The number of aliphatic hydroxyl groups is 1. The van der Waals surface area contributed by atoms with E-state index >= 15 is 0 Å². The average Bonchev–Trinajstić information content (AvgIpc) is 2.89. The maximum atomic E-state index is 8.86. The standard InChI is InChI=1S/C10H12N2O2S2/c1-7-9(16-6-11-7)4-14-3-8-5-15-10(2-13)12-8/h5-6,13H,2-4H2,1H3. The van der Waals surface area contributed by atoms with E-state index in [2.05, 4.69) is 9.97 Å². The molecule has 0 fully saturated rings. The lowest BCUT2D eigenvalue weighted by Gasteiger charge is -2.00. The van der Waals surface area contributed by atoms with Crippen LogP contribution in [0.3, 0.4) is 0 Å². The topological polar surface area (TPSA) is 55.2 Å². The fourth-order valence-electron chi connectivity index (χ4n) is 1.20. The van der Waals surface area contributed by atoms with Gasteiger partial charge in [0, 0.05) is 5.38 Å². The van der Waals surface area contributed by atoms with Gasteiger partial charge >= 0.3 is 0 Å². The second-order valence-electron chi connectivity index (χ2n) is 3.24. The molecule has 0 aromatic carbocycles. The monoisotopic (exact) mass is 256 g/mol. The SMILES string of the molecule is Cc1ncsc1COCc1csc(CO)n1. The minimum Gasteiger partial charge on any atom is -0.389 e. The first kappa shape index (κ1) is 11.7. The molecule has 2 heterocycles. The summed E-state index contributed by atoms with van der Waals surface area (Å²) in [6.45, 7) is 3.02. The molecule has 0 bridgehead atoms. The smallest absolute Gasteiger partial charge is 0.118 e. The van der Waals surface area contributed by atoms with Crippen molar-refractivity contribution in [2.75, 3.05) is 0 Å². The highest BCUT2D eigenvalue weighted by atomic mass is 32.1. The van der Waals surface area contributed by atoms with Gasteiger partial charge in [0.15, 0.2) is 0 Å². The molecule has 0 aliphatic rings. The summed E-state index contributed by atoms with van der Waals surface area (Å²) in [5, 5.41) is 11.5. The van der Waals surface area contributed by atoms with Crippen molar-refractivity contribution < 1.29 is 9.84 Å². The molecule has 2 aromatic rings. The van der Waals surface area contributed by atoms with Crippen LogP contribution in [0.25, 0.3) is 0 Å². The Hall–Kier alpha value is -0.820. The highest BCUT2D eigenvalue weighted by Crippen LogP contribution is 2.15. The molecule has 0 aliphatic heterocycles. The van der Waals surface area contributed by atoms with Crippen molar-refractivity contribution in [3.05, 3.63) is 32.2 Å². The van der Waals surface area contributed by atoms with Gasteiger partial charge in [0.2, 0.25) is 0 Å². The third-order valence-electron chi connectivity index (χ3n) is 2.06. The van der Waals surface area contributed by atoms with Crippen molar-refractivity contribution in [3.8, 4) is 0 Å². The van der Waals surface area contributed by atoms with Crippen molar-refractivity contribution in [1.82, 2.24) is 9.97 Å². The summed E-state index contributed by atoms with van der Waals surface area (Å²) in [6.07, 6.45) is 0. The molecule has 16 heavy (non-hydrogen) atoms. The minimum absolute atomic E-state index is 0.00137. The number of nitrogens with zero attached hydrogens (tertiary/aromatic N) is 2. The highest BCUT2D eigenvalue weighted by molar-refractivity contribution is 7.09. The molecule has 2 aromatic heterocycles. The molecule has 86 valence electrons. The molecule has 6 heteroatoms. The number of aryl methyl sites for hydroxylation is 1. The number of aliphatic hydroxyl groups excluding tert-OH is 1. The number of aromatic nitrogens is 2. The summed E-state index contributed by atoms with van der Waals surface area (Å²) in [7, 11) is 0. The maximum absolute atomic E-state index is 8.86. The number of rotatable bonds is 5. The van der Waals surface area contributed by atoms with E-state index in [1.165, 1.54) is 11.3 Å². The summed E-state index contributed by atoms with van der Waals surface area (Å²) >= 11 is 3.05. The number of hydrogen-bond donors (Lipinski definition) is 1. The molecular weight excluding hydrogens is 244 g/mol. The lowest BCUT2D eigenvalue weighted by atomic mass is 10.4. The third kappa shape index (κ3) is 2.85. The van der Waals surface area contributed by atoms with E-state index in [0.717, 1.165) is 21.3 Å². The van der Waals surface area contributed by atoms with Gasteiger partial charge < -0.3 is 9.84 Å². The minimum atomic E-state index is -0.00137. The second-order valence-corrected chi connectivity index (χ2v) is 5.13. The van der Waals surface area contributed by atoms with Gasteiger partial charge in [-0.2, -0.15) is 0 Å². The molecule has 1 N–H and O–H groups in total. The number of hydrogen-bond acceptors (Lipinski definition) is 6. The van der Waals surface area contributed by atoms with Crippen LogP contribution in [0.2, 0.25) is 0 Å². The van der Waals surface area contributed by atoms with Gasteiger partial charge in [0.1, 0.15) is 5.01 Å². The predicted molar refractivity (Wildman–Crippen MR) is 63.4 cm³/mol. The van der Waals surface area contributed by atoms with Gasteiger partial charge in [-0.3, -0.25) is 0 Å². The van der Waals surface area contributed by atoms with Crippen LogP contribution in [-0.4, -0.2) is 15.1 Å². The van der Waals surface area contributed by atoms with Crippen molar-refractivity contribution >= 4 is 22.7 Å². The molecule has 0 atom stereocenters. The molecule has 0 aliphatic carbocycles. The van der Waals surface area contributed by atoms with E-state index in [0.29, 0.717) is 13.2 Å². The second kappa shape index (κ2) is 5.49. The van der Waals surface area contributed by atoms with Gasteiger partial charge in [-0.05, 0) is 6.92 Å². The van der Waals surface area contributed by atoms with Gasteiger partial charge in [-0.1, -0.05) is 0 Å².